The Morgan fingerprint density at radius 1 is 1.40 bits per heavy atom. The van der Waals surface area contributed by atoms with E-state index in [0.29, 0.717) is 6.42 Å². The van der Waals surface area contributed by atoms with Crippen LogP contribution in [0.25, 0.3) is 0 Å². The number of primary amides is 1. The Morgan fingerprint density at radius 3 is 2.20 bits per heavy atom. The van der Waals surface area contributed by atoms with Gasteiger partial charge in [0.2, 0.25) is 5.91 Å². The average Bonchev–Trinajstić information content (AvgIpc) is 2.16. The maximum atomic E-state index is 11.4. The van der Waals surface area contributed by atoms with Gasteiger partial charge in [-0.15, -0.1) is 0 Å². The number of hydrogen-bond donors (Lipinski definition) is 3. The van der Waals surface area contributed by atoms with Gasteiger partial charge >= 0.3 is 0 Å². The van der Waals surface area contributed by atoms with Gasteiger partial charge in [0.15, 0.2) is 0 Å². The van der Waals surface area contributed by atoms with Gasteiger partial charge in [-0.2, -0.15) is 0 Å². The van der Waals surface area contributed by atoms with Crippen molar-refractivity contribution in [2.45, 2.75) is 39.3 Å². The zero-order valence-corrected chi connectivity index (χ0v) is 9.49. The molecule has 0 saturated carbocycles. The molecule has 0 aromatic carbocycles. The summed E-state index contributed by atoms with van der Waals surface area (Å²) in [6, 6.07) is -0.359. The molecule has 6 heteroatoms. The van der Waals surface area contributed by atoms with E-state index in [-0.39, 0.29) is 18.5 Å². The van der Waals surface area contributed by atoms with E-state index in [1.807, 2.05) is 20.8 Å². The van der Waals surface area contributed by atoms with Crippen molar-refractivity contribution < 1.29 is 9.59 Å². The van der Waals surface area contributed by atoms with E-state index in [4.69, 9.17) is 11.6 Å². The summed E-state index contributed by atoms with van der Waals surface area (Å²) in [7, 11) is 0. The van der Waals surface area contributed by atoms with Gasteiger partial charge in [-0.25, -0.2) is 5.84 Å². The summed E-state index contributed by atoms with van der Waals surface area (Å²) in [4.78, 5) is 24.0. The highest BCUT2D eigenvalue weighted by atomic mass is 16.2. The molecule has 0 aromatic heterocycles. The number of carbonyl (C=O) groups excluding carboxylic acids is 2. The number of amides is 2. The molecule has 0 spiro atoms. The Bertz CT molecular complexity index is 230. The van der Waals surface area contributed by atoms with Crippen molar-refractivity contribution in [2.75, 3.05) is 6.54 Å². The summed E-state index contributed by atoms with van der Waals surface area (Å²) < 4.78 is 0. The summed E-state index contributed by atoms with van der Waals surface area (Å²) >= 11 is 0. The van der Waals surface area contributed by atoms with Gasteiger partial charge in [0.25, 0.3) is 5.91 Å². The highest BCUT2D eigenvalue weighted by molar-refractivity contribution is 5.82. The maximum absolute atomic E-state index is 11.4. The van der Waals surface area contributed by atoms with Crippen LogP contribution in [0.5, 0.6) is 0 Å². The predicted molar refractivity (Wildman–Crippen MR) is 57.4 cm³/mol. The molecule has 0 rings (SSSR count). The molecular formula is C9H20N4O2. The molecule has 1 unspecified atom stereocenters. The molecule has 0 radical (unpaired) electrons. The zero-order valence-electron chi connectivity index (χ0n) is 9.49. The van der Waals surface area contributed by atoms with Crippen molar-refractivity contribution in [1.82, 2.24) is 10.3 Å². The van der Waals surface area contributed by atoms with Gasteiger partial charge in [0.1, 0.15) is 0 Å². The van der Waals surface area contributed by atoms with Crippen molar-refractivity contribution in [3.8, 4) is 0 Å². The van der Waals surface area contributed by atoms with Gasteiger partial charge in [-0.1, -0.05) is 6.92 Å². The Balaban J connectivity index is 4.69. The van der Waals surface area contributed by atoms with Crippen LogP contribution >= 0.6 is 0 Å². The minimum Gasteiger partial charge on any atom is -0.369 e. The van der Waals surface area contributed by atoms with Crippen LogP contribution in [0.4, 0.5) is 0 Å². The third kappa shape index (κ3) is 4.26. The van der Waals surface area contributed by atoms with E-state index >= 15 is 0 Å². The van der Waals surface area contributed by atoms with E-state index < -0.39 is 11.9 Å². The van der Waals surface area contributed by atoms with Gasteiger partial charge in [0, 0.05) is 6.04 Å². The molecule has 0 aromatic rings. The molecule has 88 valence electrons. The summed E-state index contributed by atoms with van der Waals surface area (Å²) in [6.45, 7) is 5.71. The minimum atomic E-state index is -0.452. The normalized spacial score (nSPS) is 12.9. The van der Waals surface area contributed by atoms with Crippen molar-refractivity contribution >= 4 is 11.8 Å². The molecule has 0 fully saturated rings. The van der Waals surface area contributed by atoms with Crippen LogP contribution in [0.1, 0.15) is 27.2 Å². The molecule has 0 heterocycles. The van der Waals surface area contributed by atoms with Crippen LogP contribution in [0.2, 0.25) is 0 Å². The third-order valence-corrected chi connectivity index (χ3v) is 2.23. The molecule has 0 bridgehead atoms. The number of rotatable bonds is 6. The number of hydrogen-bond acceptors (Lipinski definition) is 4. The Morgan fingerprint density at radius 2 is 1.93 bits per heavy atom. The topological polar surface area (TPSA) is 101 Å². The lowest BCUT2D eigenvalue weighted by molar-refractivity contribution is -0.129. The van der Waals surface area contributed by atoms with Crippen LogP contribution in [-0.4, -0.2) is 35.3 Å². The van der Waals surface area contributed by atoms with E-state index in [9.17, 15) is 9.59 Å². The lowest BCUT2D eigenvalue weighted by Gasteiger charge is -2.31. The number of carbonyl (C=O) groups is 2. The zero-order chi connectivity index (χ0) is 12.0. The lowest BCUT2D eigenvalue weighted by Crippen LogP contribution is -2.53. The van der Waals surface area contributed by atoms with E-state index in [1.54, 1.807) is 4.90 Å². The highest BCUT2D eigenvalue weighted by Gasteiger charge is 2.26. The van der Waals surface area contributed by atoms with E-state index in [0.717, 1.165) is 0 Å². The molecule has 5 N–H and O–H groups in total. The molecular weight excluding hydrogens is 196 g/mol. The standard InChI is InChI=1S/C9H20N4O2/c1-4-7(9(15)12-11)13(6(2)3)5-8(10)14/h6-7H,4-5,11H2,1-3H3,(H2,10,14)(H,12,15). The van der Waals surface area contributed by atoms with Crippen LogP contribution in [0.15, 0.2) is 0 Å². The second-order valence-corrected chi connectivity index (χ2v) is 3.67. The number of nitrogens with two attached hydrogens (primary N) is 2. The average molecular weight is 216 g/mol. The molecule has 0 aliphatic rings. The van der Waals surface area contributed by atoms with Crippen LogP contribution in [-0.2, 0) is 9.59 Å². The largest absolute Gasteiger partial charge is 0.369 e. The van der Waals surface area contributed by atoms with Crippen LogP contribution in [0.3, 0.4) is 0 Å². The molecule has 2 amide bonds. The first-order valence-corrected chi connectivity index (χ1v) is 4.98. The molecule has 0 saturated heterocycles. The molecule has 1 atom stereocenters. The fourth-order valence-corrected chi connectivity index (χ4v) is 1.50. The summed E-state index contributed by atoms with van der Waals surface area (Å²) in [5.74, 6) is 4.32. The fourth-order valence-electron chi connectivity index (χ4n) is 1.50. The van der Waals surface area contributed by atoms with Crippen molar-refractivity contribution in [3.05, 3.63) is 0 Å². The second kappa shape index (κ2) is 6.36. The quantitative estimate of drug-likeness (QED) is 0.299. The molecule has 0 aliphatic heterocycles. The Labute approximate surface area is 89.9 Å². The first-order chi connectivity index (χ1) is 6.93. The highest BCUT2D eigenvalue weighted by Crippen LogP contribution is 2.08. The van der Waals surface area contributed by atoms with Gasteiger partial charge in [0.05, 0.1) is 12.6 Å². The molecule has 15 heavy (non-hydrogen) atoms. The third-order valence-electron chi connectivity index (χ3n) is 2.23. The summed E-state index contributed by atoms with van der Waals surface area (Å²) in [5, 5.41) is 0. The van der Waals surface area contributed by atoms with Crippen molar-refractivity contribution in [3.63, 3.8) is 0 Å². The molecule has 0 aliphatic carbocycles. The smallest absolute Gasteiger partial charge is 0.251 e. The maximum Gasteiger partial charge on any atom is 0.251 e. The minimum absolute atomic E-state index is 0.0553. The number of nitrogens with zero attached hydrogens (tertiary/aromatic N) is 1. The Hall–Kier alpha value is -1.14. The molecule has 6 nitrogen and oxygen atoms in total. The first kappa shape index (κ1) is 13.9. The van der Waals surface area contributed by atoms with Crippen molar-refractivity contribution in [2.24, 2.45) is 11.6 Å². The second-order valence-electron chi connectivity index (χ2n) is 3.67. The fraction of sp³-hybridized carbons (Fsp3) is 0.778. The lowest BCUT2D eigenvalue weighted by atomic mass is 10.1. The predicted octanol–water partition coefficient (Wildman–Crippen LogP) is -1.05. The Kier molecular flexibility index (Phi) is 5.88. The van der Waals surface area contributed by atoms with Gasteiger partial charge < -0.3 is 5.73 Å². The first-order valence-electron chi connectivity index (χ1n) is 4.98. The summed E-state index contributed by atoms with van der Waals surface area (Å²) in [6.07, 6.45) is 0.578. The van der Waals surface area contributed by atoms with Crippen LogP contribution < -0.4 is 17.0 Å². The number of nitrogens with one attached hydrogen (secondary N) is 1. The van der Waals surface area contributed by atoms with Crippen molar-refractivity contribution in [1.29, 1.82) is 0 Å². The van der Waals surface area contributed by atoms with E-state index in [2.05, 4.69) is 5.43 Å². The SMILES string of the molecule is CCC(C(=O)NN)N(CC(N)=O)C(C)C. The van der Waals surface area contributed by atoms with Gasteiger partial charge in [-0.3, -0.25) is 19.9 Å². The van der Waals surface area contributed by atoms with Crippen LogP contribution in [0, 0.1) is 0 Å². The monoisotopic (exact) mass is 216 g/mol. The van der Waals surface area contributed by atoms with Gasteiger partial charge in [-0.05, 0) is 20.3 Å². The number of hydrazine groups is 1. The van der Waals surface area contributed by atoms with E-state index in [1.165, 1.54) is 0 Å². The summed E-state index contributed by atoms with van der Waals surface area (Å²) in [5.41, 5.74) is 7.21.